The van der Waals surface area contributed by atoms with Crippen molar-refractivity contribution >= 4 is 11.5 Å². The number of allylic oxidation sites excluding steroid dienone is 2. The molecular formula is C19H27NO2. The molecular weight excluding hydrogens is 274 g/mol. The molecule has 22 heavy (non-hydrogen) atoms. The Kier molecular flexibility index (Phi) is 3.08. The van der Waals surface area contributed by atoms with Gasteiger partial charge in [-0.3, -0.25) is 4.79 Å². The number of fused-ring (bicyclic) bond motifs is 5. The summed E-state index contributed by atoms with van der Waals surface area (Å²) in [6, 6.07) is 0. The van der Waals surface area contributed by atoms with Crippen LogP contribution in [0, 0.1) is 34.5 Å². The molecule has 3 heteroatoms. The number of carbonyl (C=O) groups is 1. The highest BCUT2D eigenvalue weighted by Gasteiger charge is 2.61. The number of ketones is 1. The van der Waals surface area contributed by atoms with E-state index < -0.39 is 0 Å². The zero-order chi connectivity index (χ0) is 15.5. The number of carbonyl (C=O) groups excluding carboxylic acids is 1. The van der Waals surface area contributed by atoms with Crippen molar-refractivity contribution in [2.75, 3.05) is 0 Å². The highest BCUT2D eigenvalue weighted by molar-refractivity contribution is 6.43. The van der Waals surface area contributed by atoms with Gasteiger partial charge in [-0.05, 0) is 67.6 Å². The van der Waals surface area contributed by atoms with Crippen molar-refractivity contribution in [1.29, 1.82) is 0 Å². The third-order valence-corrected chi connectivity index (χ3v) is 7.91. The van der Waals surface area contributed by atoms with Crippen LogP contribution in [0.5, 0.6) is 0 Å². The number of nitrogens with zero attached hydrogens (tertiary/aromatic N) is 1. The van der Waals surface area contributed by atoms with E-state index in [4.69, 9.17) is 0 Å². The lowest BCUT2D eigenvalue weighted by Crippen LogP contribution is -2.52. The third-order valence-electron chi connectivity index (χ3n) is 7.91. The molecule has 0 unspecified atom stereocenters. The molecule has 0 aromatic heterocycles. The molecule has 0 aromatic carbocycles. The van der Waals surface area contributed by atoms with Gasteiger partial charge in [0.2, 0.25) is 0 Å². The van der Waals surface area contributed by atoms with Crippen LogP contribution in [0.2, 0.25) is 0 Å². The first kappa shape index (κ1) is 14.5. The fraction of sp³-hybridized carbons (Fsp3) is 0.789. The normalized spacial score (nSPS) is 52.3. The molecule has 3 nitrogen and oxygen atoms in total. The summed E-state index contributed by atoms with van der Waals surface area (Å²) < 4.78 is 0. The molecule has 4 aliphatic carbocycles. The van der Waals surface area contributed by atoms with E-state index in [0.29, 0.717) is 29.4 Å². The number of Topliss-reactive ketones (excluding diaryl/α,β-unsaturated/α-hetero) is 1. The molecule has 3 fully saturated rings. The Morgan fingerprint density at radius 1 is 1.18 bits per heavy atom. The van der Waals surface area contributed by atoms with Crippen molar-refractivity contribution < 1.29 is 10.0 Å². The van der Waals surface area contributed by atoms with Crippen LogP contribution in [0.15, 0.2) is 17.3 Å². The number of rotatable bonds is 0. The highest BCUT2D eigenvalue weighted by atomic mass is 16.4. The maximum Gasteiger partial charge on any atom is 0.186 e. The molecule has 4 rings (SSSR count). The lowest BCUT2D eigenvalue weighted by atomic mass is 9.46. The summed E-state index contributed by atoms with van der Waals surface area (Å²) in [5.41, 5.74) is 0.585. The Hall–Kier alpha value is -1.12. The van der Waals surface area contributed by atoms with E-state index in [9.17, 15) is 10.0 Å². The summed E-state index contributed by atoms with van der Waals surface area (Å²) in [6.45, 7) is 4.63. The fourth-order valence-electron chi connectivity index (χ4n) is 6.53. The van der Waals surface area contributed by atoms with Gasteiger partial charge in [0, 0.05) is 11.8 Å². The van der Waals surface area contributed by atoms with Crippen LogP contribution in [-0.4, -0.2) is 16.7 Å². The minimum absolute atomic E-state index is 0.120. The van der Waals surface area contributed by atoms with Crippen molar-refractivity contribution in [1.82, 2.24) is 0 Å². The molecule has 6 atom stereocenters. The standard InChI is InChI=1S/C19H27NO2/c1-18-9-4-3-5-12(18)6-7-13-14(18)8-10-19(2)15(13)11-16(20-22)17(19)21/h3-4,12-15,22H,5-11H2,1-2H3/b20-16-/t12-,13+,14+,15+,18+,19-/m1/s1. The first-order valence-electron chi connectivity index (χ1n) is 8.91. The maximum absolute atomic E-state index is 12.6. The lowest BCUT2D eigenvalue weighted by Gasteiger charge is -2.58. The molecule has 0 saturated heterocycles. The molecule has 0 bridgehead atoms. The number of oxime groups is 1. The SMILES string of the molecule is C[C@]12CC=CC[C@@H]1CC[C@H]1[C@@H]2CC[C@@]2(C)C(=O)/C(=N\O)C[C@@H]12. The molecule has 1 N–H and O–H groups in total. The fourth-order valence-corrected chi connectivity index (χ4v) is 6.53. The lowest BCUT2D eigenvalue weighted by molar-refractivity contribution is -0.133. The van der Waals surface area contributed by atoms with E-state index in [2.05, 4.69) is 31.2 Å². The average Bonchev–Trinajstić information content (AvgIpc) is 2.78. The monoisotopic (exact) mass is 301 g/mol. The van der Waals surface area contributed by atoms with Crippen LogP contribution in [0.25, 0.3) is 0 Å². The summed E-state index contributed by atoms with van der Waals surface area (Å²) in [5, 5.41) is 12.5. The van der Waals surface area contributed by atoms with Gasteiger partial charge in [0.1, 0.15) is 5.71 Å². The van der Waals surface area contributed by atoms with Gasteiger partial charge in [-0.1, -0.05) is 31.2 Å². The van der Waals surface area contributed by atoms with Gasteiger partial charge in [0.25, 0.3) is 0 Å². The van der Waals surface area contributed by atoms with Gasteiger partial charge in [-0.2, -0.15) is 0 Å². The Morgan fingerprint density at radius 3 is 2.77 bits per heavy atom. The van der Waals surface area contributed by atoms with E-state index in [-0.39, 0.29) is 11.2 Å². The minimum atomic E-state index is -0.267. The topological polar surface area (TPSA) is 49.7 Å². The van der Waals surface area contributed by atoms with Crippen molar-refractivity contribution in [2.45, 2.75) is 58.8 Å². The van der Waals surface area contributed by atoms with Crippen LogP contribution in [-0.2, 0) is 4.79 Å². The van der Waals surface area contributed by atoms with Crippen LogP contribution in [0.4, 0.5) is 0 Å². The van der Waals surface area contributed by atoms with Gasteiger partial charge in [0.15, 0.2) is 5.78 Å². The molecule has 0 amide bonds. The molecule has 0 heterocycles. The molecule has 0 radical (unpaired) electrons. The molecule has 3 saturated carbocycles. The van der Waals surface area contributed by atoms with Crippen molar-refractivity contribution in [3.63, 3.8) is 0 Å². The largest absolute Gasteiger partial charge is 0.411 e. The van der Waals surface area contributed by atoms with Gasteiger partial charge in [-0.25, -0.2) is 0 Å². The predicted octanol–water partition coefficient (Wildman–Crippen LogP) is 4.20. The maximum atomic E-state index is 12.6. The molecule has 4 aliphatic rings. The van der Waals surface area contributed by atoms with Crippen molar-refractivity contribution in [3.8, 4) is 0 Å². The zero-order valence-electron chi connectivity index (χ0n) is 13.7. The van der Waals surface area contributed by atoms with E-state index in [1.165, 1.54) is 32.1 Å². The summed E-state index contributed by atoms with van der Waals surface area (Å²) in [5.74, 6) is 2.71. The average molecular weight is 301 g/mol. The summed E-state index contributed by atoms with van der Waals surface area (Å²) in [4.78, 5) is 12.6. The molecule has 0 aliphatic heterocycles. The van der Waals surface area contributed by atoms with Crippen LogP contribution >= 0.6 is 0 Å². The van der Waals surface area contributed by atoms with E-state index in [1.807, 2.05) is 0 Å². The van der Waals surface area contributed by atoms with E-state index in [1.54, 1.807) is 0 Å². The quantitative estimate of drug-likeness (QED) is 0.414. The van der Waals surface area contributed by atoms with E-state index >= 15 is 0 Å². The Bertz CT molecular complexity index is 566. The molecule has 120 valence electrons. The second kappa shape index (κ2) is 4.69. The number of hydrogen-bond acceptors (Lipinski definition) is 3. The molecule has 0 aromatic rings. The zero-order valence-corrected chi connectivity index (χ0v) is 13.7. The Labute approximate surface area is 132 Å². The summed E-state index contributed by atoms with van der Waals surface area (Å²) in [6.07, 6.45) is 12.6. The van der Waals surface area contributed by atoms with E-state index in [0.717, 1.165) is 18.3 Å². The van der Waals surface area contributed by atoms with Gasteiger partial charge in [-0.15, -0.1) is 0 Å². The Balaban J connectivity index is 1.70. The Morgan fingerprint density at radius 2 is 2.00 bits per heavy atom. The number of hydrogen-bond donors (Lipinski definition) is 1. The second-order valence-electron chi connectivity index (χ2n) is 8.60. The van der Waals surface area contributed by atoms with Gasteiger partial charge < -0.3 is 5.21 Å². The first-order valence-corrected chi connectivity index (χ1v) is 8.91. The summed E-state index contributed by atoms with van der Waals surface area (Å²) in [7, 11) is 0. The van der Waals surface area contributed by atoms with Crippen LogP contribution < -0.4 is 0 Å². The first-order chi connectivity index (χ1) is 10.5. The highest BCUT2D eigenvalue weighted by Crippen LogP contribution is 2.64. The van der Waals surface area contributed by atoms with Gasteiger partial charge in [0.05, 0.1) is 0 Å². The third kappa shape index (κ3) is 1.68. The van der Waals surface area contributed by atoms with Crippen molar-refractivity contribution in [3.05, 3.63) is 12.2 Å². The van der Waals surface area contributed by atoms with Gasteiger partial charge >= 0.3 is 0 Å². The summed E-state index contributed by atoms with van der Waals surface area (Å²) >= 11 is 0. The van der Waals surface area contributed by atoms with Crippen LogP contribution in [0.1, 0.15) is 58.8 Å². The molecule has 0 spiro atoms. The van der Waals surface area contributed by atoms with Crippen LogP contribution in [0.3, 0.4) is 0 Å². The smallest absolute Gasteiger partial charge is 0.186 e. The second-order valence-corrected chi connectivity index (χ2v) is 8.60. The van der Waals surface area contributed by atoms with Crippen molar-refractivity contribution in [2.24, 2.45) is 39.7 Å². The minimum Gasteiger partial charge on any atom is -0.411 e. The predicted molar refractivity (Wildman–Crippen MR) is 85.9 cm³/mol.